The van der Waals surface area contributed by atoms with Crippen molar-refractivity contribution in [2.45, 2.75) is 38.3 Å². The van der Waals surface area contributed by atoms with Gasteiger partial charge in [0.05, 0.1) is 5.69 Å². The molecule has 15 heavy (non-hydrogen) atoms. The Kier molecular flexibility index (Phi) is 1.77. The molecule has 3 rings (SSSR count). The molecule has 2 aliphatic rings. The van der Waals surface area contributed by atoms with Gasteiger partial charge in [-0.15, -0.1) is 0 Å². The van der Waals surface area contributed by atoms with Crippen LogP contribution in [-0.2, 0) is 6.54 Å². The summed E-state index contributed by atoms with van der Waals surface area (Å²) >= 11 is 0. The molecule has 80 valence electrons. The Morgan fingerprint density at radius 1 is 1.33 bits per heavy atom. The van der Waals surface area contributed by atoms with Gasteiger partial charge >= 0.3 is 0 Å². The fourth-order valence-electron chi connectivity index (χ4n) is 2.25. The summed E-state index contributed by atoms with van der Waals surface area (Å²) in [6, 6.07) is 0.355. The van der Waals surface area contributed by atoms with E-state index in [2.05, 4.69) is 28.8 Å². The summed E-state index contributed by atoms with van der Waals surface area (Å²) in [6.07, 6.45) is 2.45. The normalized spacial score (nSPS) is 25.6. The summed E-state index contributed by atoms with van der Waals surface area (Å²) in [5, 5.41) is 0. The number of aromatic nitrogens is 2. The summed E-state index contributed by atoms with van der Waals surface area (Å²) in [5.41, 5.74) is 8.29. The van der Waals surface area contributed by atoms with E-state index in [0.29, 0.717) is 17.8 Å². The SMILES string of the molecule is CC1c2c(N)nc(C3CC3)nc2CN1C. The van der Waals surface area contributed by atoms with E-state index >= 15 is 0 Å². The van der Waals surface area contributed by atoms with E-state index in [9.17, 15) is 0 Å². The third kappa shape index (κ3) is 1.32. The van der Waals surface area contributed by atoms with E-state index in [1.807, 2.05) is 0 Å². The van der Waals surface area contributed by atoms with Gasteiger partial charge in [0.15, 0.2) is 0 Å². The summed E-state index contributed by atoms with van der Waals surface area (Å²) in [6.45, 7) is 3.06. The van der Waals surface area contributed by atoms with Crippen molar-refractivity contribution in [3.8, 4) is 0 Å². The van der Waals surface area contributed by atoms with E-state index in [-0.39, 0.29) is 0 Å². The molecule has 1 aliphatic carbocycles. The van der Waals surface area contributed by atoms with Crippen LogP contribution in [0.1, 0.15) is 48.8 Å². The van der Waals surface area contributed by atoms with Gasteiger partial charge in [-0.25, -0.2) is 9.97 Å². The van der Waals surface area contributed by atoms with Crippen molar-refractivity contribution >= 4 is 5.82 Å². The maximum absolute atomic E-state index is 6.01. The number of nitrogens with two attached hydrogens (primary N) is 1. The number of hydrogen-bond donors (Lipinski definition) is 1. The molecule has 0 radical (unpaired) electrons. The van der Waals surface area contributed by atoms with E-state index in [4.69, 9.17) is 5.73 Å². The Bertz CT molecular complexity index is 411. The van der Waals surface area contributed by atoms with Gasteiger partial charge in [-0.3, -0.25) is 4.90 Å². The van der Waals surface area contributed by atoms with Crippen LogP contribution < -0.4 is 5.73 Å². The lowest BCUT2D eigenvalue weighted by atomic mass is 10.1. The van der Waals surface area contributed by atoms with Crippen LogP contribution in [0.25, 0.3) is 0 Å². The van der Waals surface area contributed by atoms with E-state index in [0.717, 1.165) is 23.6 Å². The standard InChI is InChI=1S/C11H16N4/c1-6-9-8(5-15(6)2)13-11(7-3-4-7)14-10(9)12/h6-7H,3-5H2,1-2H3,(H2,12,13,14). The summed E-state index contributed by atoms with van der Waals surface area (Å²) in [5.74, 6) is 2.24. The average molecular weight is 204 g/mol. The van der Waals surface area contributed by atoms with Crippen LogP contribution in [0.15, 0.2) is 0 Å². The zero-order chi connectivity index (χ0) is 10.6. The molecule has 2 N–H and O–H groups in total. The predicted octanol–water partition coefficient (Wildman–Crippen LogP) is 1.44. The minimum absolute atomic E-state index is 0.355. The second kappa shape index (κ2) is 2.92. The molecule has 4 nitrogen and oxygen atoms in total. The average Bonchev–Trinajstić information content (AvgIpc) is 2.95. The maximum atomic E-state index is 6.01. The largest absolute Gasteiger partial charge is 0.383 e. The minimum atomic E-state index is 0.355. The van der Waals surface area contributed by atoms with Crippen LogP contribution in [0, 0.1) is 0 Å². The van der Waals surface area contributed by atoms with Crippen molar-refractivity contribution in [1.82, 2.24) is 14.9 Å². The highest BCUT2D eigenvalue weighted by atomic mass is 15.2. The third-order valence-electron chi connectivity index (χ3n) is 3.49. The molecule has 1 aliphatic heterocycles. The summed E-state index contributed by atoms with van der Waals surface area (Å²) < 4.78 is 0. The van der Waals surface area contributed by atoms with E-state index in [1.54, 1.807) is 0 Å². The first kappa shape index (κ1) is 9.09. The topological polar surface area (TPSA) is 55.0 Å². The first-order valence-electron chi connectivity index (χ1n) is 5.53. The van der Waals surface area contributed by atoms with Gasteiger partial charge in [0, 0.05) is 24.1 Å². The van der Waals surface area contributed by atoms with Gasteiger partial charge in [-0.1, -0.05) is 0 Å². The number of fused-ring (bicyclic) bond motifs is 1. The fourth-order valence-corrected chi connectivity index (χ4v) is 2.25. The molecule has 0 spiro atoms. The first-order valence-corrected chi connectivity index (χ1v) is 5.53. The van der Waals surface area contributed by atoms with Crippen LogP contribution in [0.5, 0.6) is 0 Å². The highest BCUT2D eigenvalue weighted by molar-refractivity contribution is 5.47. The lowest BCUT2D eigenvalue weighted by Crippen LogP contribution is -2.13. The number of anilines is 1. The molecule has 0 aromatic carbocycles. The Labute approximate surface area is 89.5 Å². The van der Waals surface area contributed by atoms with Crippen molar-refractivity contribution in [3.05, 3.63) is 17.1 Å². The van der Waals surface area contributed by atoms with Gasteiger partial charge in [0.1, 0.15) is 11.6 Å². The molecule has 2 heterocycles. The molecule has 1 saturated carbocycles. The van der Waals surface area contributed by atoms with Crippen LogP contribution in [0.4, 0.5) is 5.82 Å². The van der Waals surface area contributed by atoms with Gasteiger partial charge in [0.25, 0.3) is 0 Å². The Morgan fingerprint density at radius 2 is 2.07 bits per heavy atom. The predicted molar refractivity (Wildman–Crippen MR) is 58.3 cm³/mol. The lowest BCUT2D eigenvalue weighted by Gasteiger charge is -2.14. The zero-order valence-electron chi connectivity index (χ0n) is 9.20. The molecular weight excluding hydrogens is 188 g/mol. The molecule has 4 heteroatoms. The number of rotatable bonds is 1. The van der Waals surface area contributed by atoms with Crippen molar-refractivity contribution in [3.63, 3.8) is 0 Å². The molecule has 1 aromatic heterocycles. The minimum Gasteiger partial charge on any atom is -0.383 e. The maximum Gasteiger partial charge on any atom is 0.134 e. The lowest BCUT2D eigenvalue weighted by molar-refractivity contribution is 0.285. The van der Waals surface area contributed by atoms with Crippen LogP contribution in [0.2, 0.25) is 0 Å². The number of hydrogen-bond acceptors (Lipinski definition) is 4. The summed E-state index contributed by atoms with van der Waals surface area (Å²) in [7, 11) is 2.10. The molecule has 0 saturated heterocycles. The van der Waals surface area contributed by atoms with E-state index in [1.165, 1.54) is 12.8 Å². The molecule has 0 amide bonds. The van der Waals surface area contributed by atoms with E-state index < -0.39 is 0 Å². The Hall–Kier alpha value is -1.16. The summed E-state index contributed by atoms with van der Waals surface area (Å²) in [4.78, 5) is 11.3. The van der Waals surface area contributed by atoms with Crippen molar-refractivity contribution < 1.29 is 0 Å². The molecule has 1 aromatic rings. The third-order valence-corrected chi connectivity index (χ3v) is 3.49. The monoisotopic (exact) mass is 204 g/mol. The smallest absolute Gasteiger partial charge is 0.134 e. The Balaban J connectivity index is 2.08. The molecule has 1 atom stereocenters. The number of nitrogens with zero attached hydrogens (tertiary/aromatic N) is 3. The quantitative estimate of drug-likeness (QED) is 0.752. The second-order valence-corrected chi connectivity index (χ2v) is 4.69. The van der Waals surface area contributed by atoms with Crippen molar-refractivity contribution in [2.75, 3.05) is 12.8 Å². The first-order chi connectivity index (χ1) is 7.16. The van der Waals surface area contributed by atoms with Crippen LogP contribution in [-0.4, -0.2) is 21.9 Å². The van der Waals surface area contributed by atoms with Gasteiger partial charge in [0.2, 0.25) is 0 Å². The zero-order valence-corrected chi connectivity index (χ0v) is 9.20. The molecular formula is C11H16N4. The van der Waals surface area contributed by atoms with Crippen LogP contribution in [0.3, 0.4) is 0 Å². The molecule has 1 unspecified atom stereocenters. The van der Waals surface area contributed by atoms with Gasteiger partial charge in [-0.2, -0.15) is 0 Å². The number of nitrogen functional groups attached to an aromatic ring is 1. The molecule has 1 fully saturated rings. The second-order valence-electron chi connectivity index (χ2n) is 4.69. The molecule has 0 bridgehead atoms. The van der Waals surface area contributed by atoms with Crippen LogP contribution >= 0.6 is 0 Å². The van der Waals surface area contributed by atoms with Gasteiger partial charge in [-0.05, 0) is 26.8 Å². The fraction of sp³-hybridized carbons (Fsp3) is 0.636. The Morgan fingerprint density at radius 3 is 2.73 bits per heavy atom. The van der Waals surface area contributed by atoms with Gasteiger partial charge < -0.3 is 5.73 Å². The highest BCUT2D eigenvalue weighted by Gasteiger charge is 2.32. The highest BCUT2D eigenvalue weighted by Crippen LogP contribution is 2.41. The van der Waals surface area contributed by atoms with Crippen molar-refractivity contribution in [2.24, 2.45) is 0 Å². The van der Waals surface area contributed by atoms with Crippen molar-refractivity contribution in [1.29, 1.82) is 0 Å².